The van der Waals surface area contributed by atoms with Gasteiger partial charge in [-0.2, -0.15) is 0 Å². The summed E-state index contributed by atoms with van der Waals surface area (Å²) in [6, 6.07) is 12.1. The largest absolute Gasteiger partial charge is 0.349 e. The van der Waals surface area contributed by atoms with Crippen LogP contribution in [0.2, 0.25) is 0 Å². The third kappa shape index (κ3) is 2.56. The lowest BCUT2D eigenvalue weighted by molar-refractivity contribution is 1.07. The van der Waals surface area contributed by atoms with Gasteiger partial charge in [-0.15, -0.1) is 11.3 Å². The quantitative estimate of drug-likeness (QED) is 0.603. The second-order valence-corrected chi connectivity index (χ2v) is 5.87. The summed E-state index contributed by atoms with van der Waals surface area (Å²) >= 11 is 1.72. The number of anilines is 1. The van der Waals surface area contributed by atoms with E-state index in [1.54, 1.807) is 23.9 Å². The monoisotopic (exact) mass is 307 g/mol. The van der Waals surface area contributed by atoms with Crippen molar-refractivity contribution in [3.8, 4) is 11.3 Å². The Morgan fingerprint density at radius 3 is 3.05 bits per heavy atom. The molecule has 0 atom stereocenters. The topological polar surface area (TPSA) is 66.5 Å². The van der Waals surface area contributed by atoms with Crippen molar-refractivity contribution in [2.45, 2.75) is 6.54 Å². The first-order valence-electron chi connectivity index (χ1n) is 6.91. The molecule has 0 aliphatic rings. The molecule has 0 saturated heterocycles. The van der Waals surface area contributed by atoms with Crippen LogP contribution in [-0.2, 0) is 6.54 Å². The average molecular weight is 307 g/mol. The van der Waals surface area contributed by atoms with Gasteiger partial charge in [0.15, 0.2) is 0 Å². The lowest BCUT2D eigenvalue weighted by atomic mass is 10.1. The lowest BCUT2D eigenvalue weighted by Gasteiger charge is -2.05. The fourth-order valence-electron chi connectivity index (χ4n) is 2.28. The van der Waals surface area contributed by atoms with Crippen LogP contribution >= 0.6 is 11.3 Å². The van der Waals surface area contributed by atoms with Gasteiger partial charge in [-0.1, -0.05) is 12.1 Å². The molecule has 1 aromatic carbocycles. The number of aromatic nitrogens is 4. The number of H-pyrrole nitrogens is 1. The Hall–Kier alpha value is -2.73. The van der Waals surface area contributed by atoms with E-state index in [9.17, 15) is 0 Å². The number of aromatic amines is 1. The summed E-state index contributed by atoms with van der Waals surface area (Å²) in [6.45, 7) is 0.736. The van der Waals surface area contributed by atoms with E-state index >= 15 is 0 Å². The number of nitrogens with one attached hydrogen (secondary N) is 2. The van der Waals surface area contributed by atoms with E-state index in [1.807, 2.05) is 30.3 Å². The third-order valence-electron chi connectivity index (χ3n) is 3.37. The van der Waals surface area contributed by atoms with Crippen molar-refractivity contribution in [2.75, 3.05) is 5.32 Å². The summed E-state index contributed by atoms with van der Waals surface area (Å²) in [5.41, 5.74) is 3.87. The van der Waals surface area contributed by atoms with Crippen molar-refractivity contribution in [1.82, 2.24) is 19.9 Å². The first-order valence-corrected chi connectivity index (χ1v) is 7.79. The summed E-state index contributed by atoms with van der Waals surface area (Å²) in [7, 11) is 0. The summed E-state index contributed by atoms with van der Waals surface area (Å²) in [6.07, 6.45) is 3.47. The highest BCUT2D eigenvalue weighted by Crippen LogP contribution is 2.21. The van der Waals surface area contributed by atoms with Crippen molar-refractivity contribution in [3.63, 3.8) is 0 Å². The van der Waals surface area contributed by atoms with Gasteiger partial charge >= 0.3 is 0 Å². The Morgan fingerprint density at radius 2 is 2.14 bits per heavy atom. The first-order chi connectivity index (χ1) is 10.9. The summed E-state index contributed by atoms with van der Waals surface area (Å²) < 4.78 is 0. The van der Waals surface area contributed by atoms with E-state index in [0.717, 1.165) is 28.8 Å². The average Bonchev–Trinajstić information content (AvgIpc) is 3.24. The van der Waals surface area contributed by atoms with Crippen LogP contribution in [0, 0.1) is 0 Å². The third-order valence-corrected chi connectivity index (χ3v) is 4.25. The van der Waals surface area contributed by atoms with Crippen LogP contribution in [0.1, 0.15) is 4.88 Å². The second kappa shape index (κ2) is 5.57. The number of hydrogen-bond donors (Lipinski definition) is 2. The molecule has 0 saturated carbocycles. The molecule has 22 heavy (non-hydrogen) atoms. The van der Waals surface area contributed by atoms with Crippen LogP contribution < -0.4 is 5.32 Å². The van der Waals surface area contributed by atoms with E-state index in [2.05, 4.69) is 36.7 Å². The molecule has 0 aliphatic carbocycles. The highest BCUT2D eigenvalue weighted by atomic mass is 32.1. The van der Waals surface area contributed by atoms with Gasteiger partial charge in [-0.05, 0) is 29.6 Å². The van der Waals surface area contributed by atoms with Gasteiger partial charge in [-0.3, -0.25) is 0 Å². The molecule has 3 heterocycles. The van der Waals surface area contributed by atoms with E-state index in [0.29, 0.717) is 5.95 Å². The maximum Gasteiger partial charge on any atom is 0.223 e. The molecule has 0 unspecified atom stereocenters. The van der Waals surface area contributed by atoms with Crippen LogP contribution in [0.15, 0.2) is 54.3 Å². The van der Waals surface area contributed by atoms with E-state index in [4.69, 9.17) is 0 Å². The molecule has 0 aliphatic heterocycles. The SMILES string of the molecule is c1csc(CNc2nccc(-c3ccc4[nH]cnc4c3)n2)c1. The number of imidazole rings is 1. The molecule has 0 amide bonds. The molecular formula is C16H13N5S. The molecule has 5 nitrogen and oxygen atoms in total. The van der Waals surface area contributed by atoms with E-state index in [1.165, 1.54) is 4.88 Å². The fraction of sp³-hybridized carbons (Fsp3) is 0.0625. The Balaban J connectivity index is 1.60. The minimum absolute atomic E-state index is 0.632. The smallest absolute Gasteiger partial charge is 0.223 e. The van der Waals surface area contributed by atoms with Crippen LogP contribution in [0.3, 0.4) is 0 Å². The van der Waals surface area contributed by atoms with Crippen LogP contribution in [-0.4, -0.2) is 19.9 Å². The molecule has 4 aromatic rings. The standard InChI is InChI=1S/C16H13N5S/c1-2-12(22-7-1)9-18-16-17-6-5-13(21-16)11-3-4-14-15(8-11)20-10-19-14/h1-8,10H,9H2,(H,19,20)(H,17,18,21). The predicted molar refractivity (Wildman–Crippen MR) is 88.8 cm³/mol. The summed E-state index contributed by atoms with van der Waals surface area (Å²) in [5.74, 6) is 0.632. The molecule has 0 spiro atoms. The Labute approximate surface area is 131 Å². The molecule has 6 heteroatoms. The highest BCUT2D eigenvalue weighted by molar-refractivity contribution is 7.09. The zero-order valence-corrected chi connectivity index (χ0v) is 12.5. The number of thiophene rings is 1. The van der Waals surface area contributed by atoms with E-state index < -0.39 is 0 Å². The minimum Gasteiger partial charge on any atom is -0.349 e. The molecule has 2 N–H and O–H groups in total. The van der Waals surface area contributed by atoms with Crippen molar-refractivity contribution in [2.24, 2.45) is 0 Å². The van der Waals surface area contributed by atoms with Crippen molar-refractivity contribution in [1.29, 1.82) is 0 Å². The molecule has 0 fully saturated rings. The lowest BCUT2D eigenvalue weighted by Crippen LogP contribution is -2.02. The highest BCUT2D eigenvalue weighted by Gasteiger charge is 2.05. The number of nitrogens with zero attached hydrogens (tertiary/aromatic N) is 3. The van der Waals surface area contributed by atoms with Gasteiger partial charge in [0.2, 0.25) is 5.95 Å². The van der Waals surface area contributed by atoms with Crippen LogP contribution in [0.5, 0.6) is 0 Å². The minimum atomic E-state index is 0.632. The maximum atomic E-state index is 4.58. The molecular weight excluding hydrogens is 294 g/mol. The number of rotatable bonds is 4. The van der Waals surface area contributed by atoms with Crippen LogP contribution in [0.4, 0.5) is 5.95 Å². The van der Waals surface area contributed by atoms with Crippen molar-refractivity contribution < 1.29 is 0 Å². The number of fused-ring (bicyclic) bond motifs is 1. The zero-order valence-electron chi connectivity index (χ0n) is 11.7. The summed E-state index contributed by atoms with van der Waals surface area (Å²) in [4.78, 5) is 17.5. The zero-order chi connectivity index (χ0) is 14.8. The molecule has 4 rings (SSSR count). The normalized spacial score (nSPS) is 10.9. The second-order valence-electron chi connectivity index (χ2n) is 4.83. The molecule has 3 aromatic heterocycles. The van der Waals surface area contributed by atoms with Gasteiger partial charge in [0, 0.05) is 16.6 Å². The van der Waals surface area contributed by atoms with Crippen LogP contribution in [0.25, 0.3) is 22.3 Å². The van der Waals surface area contributed by atoms with Gasteiger partial charge in [0.05, 0.1) is 29.6 Å². The van der Waals surface area contributed by atoms with Gasteiger partial charge in [-0.25, -0.2) is 15.0 Å². The maximum absolute atomic E-state index is 4.58. The van der Waals surface area contributed by atoms with E-state index in [-0.39, 0.29) is 0 Å². The molecule has 0 radical (unpaired) electrons. The van der Waals surface area contributed by atoms with Gasteiger partial charge in [0.1, 0.15) is 0 Å². The first kappa shape index (κ1) is 13.0. The van der Waals surface area contributed by atoms with Gasteiger partial charge in [0.25, 0.3) is 0 Å². The summed E-state index contributed by atoms with van der Waals surface area (Å²) in [5, 5.41) is 5.32. The predicted octanol–water partition coefficient (Wildman–Crippen LogP) is 3.69. The Bertz CT molecular complexity index is 898. The van der Waals surface area contributed by atoms with Crippen molar-refractivity contribution in [3.05, 3.63) is 59.2 Å². The van der Waals surface area contributed by atoms with Gasteiger partial charge < -0.3 is 10.3 Å². The Morgan fingerprint density at radius 1 is 1.14 bits per heavy atom. The number of hydrogen-bond acceptors (Lipinski definition) is 5. The van der Waals surface area contributed by atoms with Crippen molar-refractivity contribution >= 4 is 28.3 Å². The Kier molecular flexibility index (Phi) is 3.29. The number of benzene rings is 1. The fourth-order valence-corrected chi connectivity index (χ4v) is 2.92. The molecule has 0 bridgehead atoms. The molecule has 108 valence electrons.